The molecule has 1 amide bonds. The van der Waals surface area contributed by atoms with Crippen LogP contribution >= 0.6 is 0 Å². The maximum atomic E-state index is 11.8. The number of carbonyl (C=O) groups excluding carboxylic acids is 1. The molecule has 112 valence electrons. The van der Waals surface area contributed by atoms with Gasteiger partial charge in [-0.3, -0.25) is 4.79 Å². The molecule has 3 N–H and O–H groups in total. The Kier molecular flexibility index (Phi) is 6.80. The van der Waals surface area contributed by atoms with Crippen molar-refractivity contribution in [2.24, 2.45) is 11.7 Å². The molecule has 0 saturated heterocycles. The molecule has 1 aliphatic carbocycles. The molecule has 1 rings (SSSR count). The number of nitrogens with two attached hydrogens (primary N) is 1. The molecule has 0 radical (unpaired) electrons. The van der Waals surface area contributed by atoms with Crippen molar-refractivity contribution in [2.75, 3.05) is 27.2 Å². The third-order valence-corrected chi connectivity index (χ3v) is 4.49. The van der Waals surface area contributed by atoms with E-state index in [1.807, 2.05) is 0 Å². The molecule has 2 atom stereocenters. The van der Waals surface area contributed by atoms with Gasteiger partial charge in [0.25, 0.3) is 0 Å². The number of carbonyl (C=O) groups is 1. The lowest BCUT2D eigenvalue weighted by molar-refractivity contribution is -0.122. The first-order valence-electron chi connectivity index (χ1n) is 7.64. The van der Waals surface area contributed by atoms with Crippen LogP contribution in [0.5, 0.6) is 0 Å². The van der Waals surface area contributed by atoms with Crippen LogP contribution in [0.15, 0.2) is 0 Å². The van der Waals surface area contributed by atoms with Crippen LogP contribution in [0.1, 0.15) is 51.9 Å². The highest BCUT2D eigenvalue weighted by atomic mass is 16.1. The molecule has 1 saturated carbocycles. The number of nitrogens with zero attached hydrogens (tertiary/aromatic N) is 1. The summed E-state index contributed by atoms with van der Waals surface area (Å²) in [6.07, 6.45) is 7.40. The Bertz CT molecular complexity index is 281. The zero-order chi connectivity index (χ0) is 14.3. The predicted octanol–water partition coefficient (Wildman–Crippen LogP) is 1.74. The van der Waals surface area contributed by atoms with Gasteiger partial charge in [-0.1, -0.05) is 19.8 Å². The van der Waals surface area contributed by atoms with E-state index in [0.29, 0.717) is 13.0 Å². The number of likely N-dealkylation sites (N-methyl/N-ethyl adjacent to an activating group) is 1. The molecule has 0 aromatic rings. The molecule has 0 bridgehead atoms. The fraction of sp³-hybridized carbons (Fsp3) is 0.933. The Balaban J connectivity index is 2.43. The quantitative estimate of drug-likeness (QED) is 0.692. The lowest BCUT2D eigenvalue weighted by Crippen LogP contribution is -2.55. The van der Waals surface area contributed by atoms with Gasteiger partial charge in [-0.25, -0.2) is 0 Å². The fourth-order valence-corrected chi connectivity index (χ4v) is 3.14. The fourth-order valence-electron chi connectivity index (χ4n) is 3.14. The van der Waals surface area contributed by atoms with Gasteiger partial charge < -0.3 is 16.0 Å². The number of nitrogens with one attached hydrogen (secondary N) is 1. The molecule has 1 aliphatic rings. The van der Waals surface area contributed by atoms with E-state index >= 15 is 0 Å². The minimum Gasteiger partial charge on any atom is -0.354 e. The van der Waals surface area contributed by atoms with Gasteiger partial charge in [0.15, 0.2) is 0 Å². The highest BCUT2D eigenvalue weighted by molar-refractivity contribution is 5.75. The van der Waals surface area contributed by atoms with Crippen LogP contribution < -0.4 is 11.1 Å². The maximum Gasteiger partial charge on any atom is 0.220 e. The molecule has 0 heterocycles. The highest BCUT2D eigenvalue weighted by Crippen LogP contribution is 2.35. The standard InChI is InChI=1S/C15H31N3O/c1-13-7-6-9-15(11-13,18(2)3)12-17-14(19)8-4-5-10-16/h13H,4-12,16H2,1-3H3,(H,17,19). The van der Waals surface area contributed by atoms with E-state index in [1.165, 1.54) is 25.7 Å². The van der Waals surface area contributed by atoms with Gasteiger partial charge in [-0.15, -0.1) is 0 Å². The van der Waals surface area contributed by atoms with Crippen LogP contribution in [0.3, 0.4) is 0 Å². The summed E-state index contributed by atoms with van der Waals surface area (Å²) >= 11 is 0. The molecule has 0 aliphatic heterocycles. The second-order valence-electron chi connectivity index (χ2n) is 6.34. The second-order valence-corrected chi connectivity index (χ2v) is 6.34. The number of rotatable bonds is 7. The number of hydrogen-bond donors (Lipinski definition) is 2. The molecule has 1 fully saturated rings. The zero-order valence-electron chi connectivity index (χ0n) is 12.9. The van der Waals surface area contributed by atoms with E-state index in [2.05, 4.69) is 31.2 Å². The summed E-state index contributed by atoms with van der Waals surface area (Å²) in [4.78, 5) is 14.1. The zero-order valence-corrected chi connectivity index (χ0v) is 12.9. The highest BCUT2D eigenvalue weighted by Gasteiger charge is 2.36. The summed E-state index contributed by atoms with van der Waals surface area (Å²) in [5.41, 5.74) is 5.60. The minimum absolute atomic E-state index is 0.154. The van der Waals surface area contributed by atoms with Gasteiger partial charge in [0.2, 0.25) is 5.91 Å². The summed E-state index contributed by atoms with van der Waals surface area (Å²) in [6, 6.07) is 0. The van der Waals surface area contributed by atoms with Crippen LogP contribution in [-0.2, 0) is 4.79 Å². The Morgan fingerprint density at radius 3 is 2.74 bits per heavy atom. The third-order valence-electron chi connectivity index (χ3n) is 4.49. The van der Waals surface area contributed by atoms with E-state index in [4.69, 9.17) is 5.73 Å². The van der Waals surface area contributed by atoms with Gasteiger partial charge in [-0.2, -0.15) is 0 Å². The summed E-state index contributed by atoms with van der Waals surface area (Å²) in [7, 11) is 4.28. The molecule has 0 aromatic carbocycles. The molecule has 0 spiro atoms. The Hall–Kier alpha value is -0.610. The van der Waals surface area contributed by atoms with Crippen molar-refractivity contribution in [3.63, 3.8) is 0 Å². The largest absolute Gasteiger partial charge is 0.354 e. The summed E-state index contributed by atoms with van der Waals surface area (Å²) in [6.45, 7) is 3.78. The van der Waals surface area contributed by atoms with Crippen molar-refractivity contribution in [1.82, 2.24) is 10.2 Å². The van der Waals surface area contributed by atoms with Crippen molar-refractivity contribution >= 4 is 5.91 Å². The summed E-state index contributed by atoms with van der Waals surface area (Å²) in [5.74, 6) is 0.929. The Morgan fingerprint density at radius 1 is 1.42 bits per heavy atom. The topological polar surface area (TPSA) is 58.4 Å². The van der Waals surface area contributed by atoms with Crippen molar-refractivity contribution in [3.8, 4) is 0 Å². The maximum absolute atomic E-state index is 11.8. The molecule has 0 aromatic heterocycles. The van der Waals surface area contributed by atoms with Crippen molar-refractivity contribution < 1.29 is 4.79 Å². The number of hydrogen-bond acceptors (Lipinski definition) is 3. The first kappa shape index (κ1) is 16.4. The van der Waals surface area contributed by atoms with Gasteiger partial charge in [0, 0.05) is 18.5 Å². The second kappa shape index (κ2) is 7.85. The van der Waals surface area contributed by atoms with E-state index < -0.39 is 0 Å². The molecular weight excluding hydrogens is 238 g/mol. The molecule has 19 heavy (non-hydrogen) atoms. The molecular formula is C15H31N3O. The third kappa shape index (κ3) is 5.11. The van der Waals surface area contributed by atoms with E-state index in [0.717, 1.165) is 25.3 Å². The van der Waals surface area contributed by atoms with Crippen molar-refractivity contribution in [3.05, 3.63) is 0 Å². The Morgan fingerprint density at radius 2 is 2.16 bits per heavy atom. The SMILES string of the molecule is CC1CCCC(CNC(=O)CCCCN)(N(C)C)C1. The van der Waals surface area contributed by atoms with Gasteiger partial charge in [0.1, 0.15) is 0 Å². The summed E-state index contributed by atoms with van der Waals surface area (Å²) < 4.78 is 0. The first-order chi connectivity index (χ1) is 9.00. The van der Waals surface area contributed by atoms with E-state index in [-0.39, 0.29) is 11.4 Å². The van der Waals surface area contributed by atoms with Gasteiger partial charge >= 0.3 is 0 Å². The number of amides is 1. The normalized spacial score (nSPS) is 27.5. The smallest absolute Gasteiger partial charge is 0.220 e. The average Bonchev–Trinajstić information content (AvgIpc) is 2.36. The van der Waals surface area contributed by atoms with Gasteiger partial charge in [0.05, 0.1) is 0 Å². The summed E-state index contributed by atoms with van der Waals surface area (Å²) in [5, 5.41) is 3.13. The van der Waals surface area contributed by atoms with Crippen LogP contribution in [0, 0.1) is 5.92 Å². The first-order valence-corrected chi connectivity index (χ1v) is 7.64. The number of unbranched alkanes of at least 4 members (excludes halogenated alkanes) is 1. The van der Waals surface area contributed by atoms with Crippen LogP contribution in [0.25, 0.3) is 0 Å². The monoisotopic (exact) mass is 269 g/mol. The predicted molar refractivity (Wildman–Crippen MR) is 80.0 cm³/mol. The minimum atomic E-state index is 0.154. The lowest BCUT2D eigenvalue weighted by Gasteiger charge is -2.45. The van der Waals surface area contributed by atoms with Crippen LogP contribution in [-0.4, -0.2) is 43.5 Å². The van der Waals surface area contributed by atoms with E-state index in [9.17, 15) is 4.79 Å². The molecule has 4 nitrogen and oxygen atoms in total. The van der Waals surface area contributed by atoms with Crippen LogP contribution in [0.2, 0.25) is 0 Å². The molecule has 4 heteroatoms. The van der Waals surface area contributed by atoms with Crippen molar-refractivity contribution in [2.45, 2.75) is 57.4 Å². The van der Waals surface area contributed by atoms with E-state index in [1.54, 1.807) is 0 Å². The average molecular weight is 269 g/mol. The molecule has 2 unspecified atom stereocenters. The van der Waals surface area contributed by atoms with Gasteiger partial charge in [-0.05, 0) is 52.2 Å². The lowest BCUT2D eigenvalue weighted by atomic mass is 9.75. The van der Waals surface area contributed by atoms with Crippen molar-refractivity contribution in [1.29, 1.82) is 0 Å². The Labute approximate surface area is 118 Å². The van der Waals surface area contributed by atoms with Crippen LogP contribution in [0.4, 0.5) is 0 Å².